The van der Waals surface area contributed by atoms with Gasteiger partial charge in [-0.1, -0.05) is 6.07 Å². The normalized spacial score (nSPS) is 23.3. The van der Waals surface area contributed by atoms with Crippen molar-refractivity contribution in [2.75, 3.05) is 26.0 Å². The minimum atomic E-state index is -0.407. The van der Waals surface area contributed by atoms with Crippen molar-refractivity contribution in [3.05, 3.63) is 23.9 Å². The van der Waals surface area contributed by atoms with E-state index in [9.17, 15) is 4.79 Å². The van der Waals surface area contributed by atoms with Gasteiger partial charge >= 0.3 is 0 Å². The van der Waals surface area contributed by atoms with E-state index in [0.717, 1.165) is 37.3 Å². The third-order valence-corrected chi connectivity index (χ3v) is 4.00. The largest absolute Gasteiger partial charge is 0.373 e. The van der Waals surface area contributed by atoms with E-state index in [0.29, 0.717) is 0 Å². The predicted molar refractivity (Wildman–Crippen MR) is 75.9 cm³/mol. The lowest BCUT2D eigenvalue weighted by atomic mass is 9.97. The quantitative estimate of drug-likeness (QED) is 0.857. The molecule has 0 aliphatic carbocycles. The molecule has 0 aromatic carbocycles. The Morgan fingerprint density at radius 3 is 3.00 bits per heavy atom. The van der Waals surface area contributed by atoms with Crippen molar-refractivity contribution in [3.8, 4) is 0 Å². The zero-order valence-electron chi connectivity index (χ0n) is 11.9. The first-order chi connectivity index (χ1) is 9.11. The fourth-order valence-corrected chi connectivity index (χ4v) is 2.80. The molecule has 2 heterocycles. The standard InChI is InChI=1S/C14H22N4O/c1-14(13(19)16-3)7-5-9-18(14)10-11-6-4-8-17-12(11)15-2/h4,6,8H,5,7,9-10H2,1-3H3,(H,15,17)(H,16,19). The lowest BCUT2D eigenvalue weighted by Gasteiger charge is -2.33. The number of carbonyl (C=O) groups excluding carboxylic acids is 1. The summed E-state index contributed by atoms with van der Waals surface area (Å²) in [5.41, 5.74) is 0.720. The van der Waals surface area contributed by atoms with Crippen LogP contribution < -0.4 is 10.6 Å². The third kappa shape index (κ3) is 2.56. The zero-order chi connectivity index (χ0) is 13.9. The Kier molecular flexibility index (Phi) is 4.04. The van der Waals surface area contributed by atoms with Gasteiger partial charge in [-0.2, -0.15) is 0 Å². The minimum absolute atomic E-state index is 0.0971. The van der Waals surface area contributed by atoms with Crippen molar-refractivity contribution in [3.63, 3.8) is 0 Å². The molecule has 5 nitrogen and oxygen atoms in total. The summed E-state index contributed by atoms with van der Waals surface area (Å²) >= 11 is 0. The molecule has 1 unspecified atom stereocenters. The highest BCUT2D eigenvalue weighted by molar-refractivity contribution is 5.86. The molecule has 1 amide bonds. The highest BCUT2D eigenvalue weighted by Gasteiger charge is 2.42. The number of pyridine rings is 1. The molecule has 1 fully saturated rings. The first-order valence-corrected chi connectivity index (χ1v) is 6.70. The Balaban J connectivity index is 2.20. The lowest BCUT2D eigenvalue weighted by molar-refractivity contribution is -0.130. The Bertz CT molecular complexity index is 463. The summed E-state index contributed by atoms with van der Waals surface area (Å²) in [4.78, 5) is 18.7. The number of hydrogen-bond donors (Lipinski definition) is 2. The molecule has 0 saturated carbocycles. The van der Waals surface area contributed by atoms with E-state index >= 15 is 0 Å². The van der Waals surface area contributed by atoms with Crippen LogP contribution in [0, 0.1) is 0 Å². The van der Waals surface area contributed by atoms with E-state index in [1.54, 1.807) is 13.2 Å². The number of aromatic nitrogens is 1. The second-order valence-electron chi connectivity index (χ2n) is 5.14. The van der Waals surface area contributed by atoms with Gasteiger partial charge < -0.3 is 10.6 Å². The summed E-state index contributed by atoms with van der Waals surface area (Å²) in [5, 5.41) is 5.88. The molecular weight excluding hydrogens is 240 g/mol. The van der Waals surface area contributed by atoms with E-state index in [4.69, 9.17) is 0 Å². The fraction of sp³-hybridized carbons (Fsp3) is 0.571. The average Bonchev–Trinajstić information content (AvgIpc) is 2.81. The molecule has 0 spiro atoms. The van der Waals surface area contributed by atoms with Gasteiger partial charge in [-0.25, -0.2) is 4.98 Å². The van der Waals surface area contributed by atoms with Gasteiger partial charge in [-0.3, -0.25) is 9.69 Å². The Morgan fingerprint density at radius 2 is 2.32 bits per heavy atom. The number of likely N-dealkylation sites (N-methyl/N-ethyl adjacent to an activating group) is 1. The molecule has 1 aromatic rings. The Morgan fingerprint density at radius 1 is 1.53 bits per heavy atom. The maximum Gasteiger partial charge on any atom is 0.239 e. The summed E-state index contributed by atoms with van der Waals surface area (Å²) in [6.45, 7) is 3.71. The molecule has 1 saturated heterocycles. The monoisotopic (exact) mass is 262 g/mol. The van der Waals surface area contributed by atoms with Crippen molar-refractivity contribution in [1.82, 2.24) is 15.2 Å². The predicted octanol–water partition coefficient (Wildman–Crippen LogP) is 1.22. The molecule has 0 radical (unpaired) electrons. The maximum absolute atomic E-state index is 12.1. The van der Waals surface area contributed by atoms with Gasteiger partial charge in [0, 0.05) is 32.4 Å². The summed E-state index contributed by atoms with van der Waals surface area (Å²) < 4.78 is 0. The molecular formula is C14H22N4O. The molecule has 1 aromatic heterocycles. The minimum Gasteiger partial charge on any atom is -0.373 e. The molecule has 2 N–H and O–H groups in total. The third-order valence-electron chi connectivity index (χ3n) is 4.00. The van der Waals surface area contributed by atoms with Crippen LogP contribution in [0.1, 0.15) is 25.3 Å². The van der Waals surface area contributed by atoms with Crippen LogP contribution in [0.5, 0.6) is 0 Å². The van der Waals surface area contributed by atoms with Crippen molar-refractivity contribution >= 4 is 11.7 Å². The van der Waals surface area contributed by atoms with Crippen molar-refractivity contribution < 1.29 is 4.79 Å². The number of amides is 1. The van der Waals surface area contributed by atoms with Crippen LogP contribution in [0.4, 0.5) is 5.82 Å². The maximum atomic E-state index is 12.1. The van der Waals surface area contributed by atoms with E-state index in [1.807, 2.05) is 20.0 Å². The zero-order valence-corrected chi connectivity index (χ0v) is 11.9. The molecule has 19 heavy (non-hydrogen) atoms. The first kappa shape index (κ1) is 13.8. The summed E-state index contributed by atoms with van der Waals surface area (Å²) in [7, 11) is 3.57. The topological polar surface area (TPSA) is 57.3 Å². The number of nitrogens with one attached hydrogen (secondary N) is 2. The van der Waals surface area contributed by atoms with Gasteiger partial charge in [0.1, 0.15) is 5.82 Å². The second kappa shape index (κ2) is 5.57. The SMILES string of the molecule is CNC(=O)C1(C)CCCN1Cc1cccnc1NC. The summed E-state index contributed by atoms with van der Waals surface area (Å²) in [5.74, 6) is 0.980. The first-order valence-electron chi connectivity index (χ1n) is 6.70. The van der Waals surface area contributed by atoms with Crippen molar-refractivity contribution in [2.24, 2.45) is 0 Å². The Labute approximate surface area is 114 Å². The van der Waals surface area contributed by atoms with Gasteiger partial charge in [-0.15, -0.1) is 0 Å². The summed E-state index contributed by atoms with van der Waals surface area (Å²) in [6.07, 6.45) is 3.73. The van der Waals surface area contributed by atoms with Crippen LogP contribution >= 0.6 is 0 Å². The van der Waals surface area contributed by atoms with E-state index in [-0.39, 0.29) is 5.91 Å². The smallest absolute Gasteiger partial charge is 0.239 e. The highest BCUT2D eigenvalue weighted by Crippen LogP contribution is 2.31. The number of anilines is 1. The number of carbonyl (C=O) groups is 1. The van der Waals surface area contributed by atoms with Crippen LogP contribution in [-0.2, 0) is 11.3 Å². The molecule has 1 aliphatic rings. The molecule has 5 heteroatoms. The molecule has 2 rings (SSSR count). The van der Waals surface area contributed by atoms with Crippen LogP contribution in [-0.4, -0.2) is 42.0 Å². The van der Waals surface area contributed by atoms with Gasteiger partial charge in [0.15, 0.2) is 0 Å². The van der Waals surface area contributed by atoms with Gasteiger partial charge in [0.2, 0.25) is 5.91 Å². The summed E-state index contributed by atoms with van der Waals surface area (Å²) in [6, 6.07) is 3.99. The number of hydrogen-bond acceptors (Lipinski definition) is 4. The van der Waals surface area contributed by atoms with Crippen LogP contribution in [0.25, 0.3) is 0 Å². The Hall–Kier alpha value is -1.62. The number of nitrogens with zero attached hydrogens (tertiary/aromatic N) is 2. The van der Waals surface area contributed by atoms with E-state index in [1.165, 1.54) is 0 Å². The van der Waals surface area contributed by atoms with E-state index < -0.39 is 5.54 Å². The fourth-order valence-electron chi connectivity index (χ4n) is 2.80. The highest BCUT2D eigenvalue weighted by atomic mass is 16.2. The lowest BCUT2D eigenvalue weighted by Crippen LogP contribution is -2.52. The average molecular weight is 262 g/mol. The van der Waals surface area contributed by atoms with Crippen LogP contribution in [0.15, 0.2) is 18.3 Å². The second-order valence-corrected chi connectivity index (χ2v) is 5.14. The van der Waals surface area contributed by atoms with Crippen LogP contribution in [0.2, 0.25) is 0 Å². The molecule has 1 atom stereocenters. The van der Waals surface area contributed by atoms with Crippen molar-refractivity contribution in [2.45, 2.75) is 31.8 Å². The van der Waals surface area contributed by atoms with E-state index in [2.05, 4.69) is 26.6 Å². The van der Waals surface area contributed by atoms with Crippen molar-refractivity contribution in [1.29, 1.82) is 0 Å². The number of rotatable bonds is 4. The number of likely N-dealkylation sites (tertiary alicyclic amines) is 1. The van der Waals surface area contributed by atoms with Gasteiger partial charge in [0.05, 0.1) is 5.54 Å². The molecule has 104 valence electrons. The van der Waals surface area contributed by atoms with Crippen LogP contribution in [0.3, 0.4) is 0 Å². The molecule has 0 bridgehead atoms. The molecule has 1 aliphatic heterocycles. The van der Waals surface area contributed by atoms with Gasteiger partial charge in [-0.05, 0) is 32.4 Å². The van der Waals surface area contributed by atoms with Gasteiger partial charge in [0.25, 0.3) is 0 Å².